The van der Waals surface area contributed by atoms with Crippen LogP contribution in [0.2, 0.25) is 0 Å². The highest BCUT2D eigenvalue weighted by Gasteiger charge is 2.29. The molecule has 0 radical (unpaired) electrons. The van der Waals surface area contributed by atoms with Crippen molar-refractivity contribution in [3.63, 3.8) is 0 Å². The van der Waals surface area contributed by atoms with Crippen LogP contribution >= 0.6 is 0 Å². The molecule has 0 atom stereocenters. The molecule has 0 bridgehead atoms. The van der Waals surface area contributed by atoms with Crippen LogP contribution in [-0.2, 0) is 9.47 Å². The fraction of sp³-hybridized carbons (Fsp3) is 0.462. The monoisotopic (exact) mass is 235 g/mol. The molecule has 1 fully saturated rings. The summed E-state index contributed by atoms with van der Waals surface area (Å²) >= 11 is 0. The minimum Gasteiger partial charge on any atom is -0.465 e. The number of anilines is 1. The van der Waals surface area contributed by atoms with Gasteiger partial charge in [0, 0.05) is 18.8 Å². The third kappa shape index (κ3) is 2.58. The van der Waals surface area contributed by atoms with Crippen molar-refractivity contribution in [3.8, 4) is 0 Å². The van der Waals surface area contributed by atoms with E-state index in [2.05, 4.69) is 5.32 Å². The summed E-state index contributed by atoms with van der Waals surface area (Å²) in [4.78, 5) is 11.6. The number of nitrogens with one attached hydrogen (secondary N) is 1. The van der Waals surface area contributed by atoms with Crippen molar-refractivity contribution >= 4 is 11.7 Å². The number of carbonyl (C=O) groups excluding carboxylic acids is 1. The predicted octanol–water partition coefficient (Wildman–Crippen LogP) is 2.06. The Hall–Kier alpha value is -1.55. The summed E-state index contributed by atoms with van der Waals surface area (Å²) < 4.78 is 9.97. The van der Waals surface area contributed by atoms with Gasteiger partial charge in [0.05, 0.1) is 18.8 Å². The summed E-state index contributed by atoms with van der Waals surface area (Å²) in [5.41, 5.74) is 1.41. The van der Waals surface area contributed by atoms with E-state index in [9.17, 15) is 4.79 Å². The quantitative estimate of drug-likeness (QED) is 0.811. The highest BCUT2D eigenvalue weighted by molar-refractivity contribution is 5.95. The lowest BCUT2D eigenvalue weighted by Crippen LogP contribution is -2.40. The van der Waals surface area contributed by atoms with E-state index in [0.717, 1.165) is 18.5 Å². The molecule has 1 saturated carbocycles. The molecule has 0 amide bonds. The van der Waals surface area contributed by atoms with Crippen molar-refractivity contribution in [2.75, 3.05) is 19.5 Å². The standard InChI is InChI=1S/C13H17NO3/c1-16-10-7-9(8-10)14-12-6-4-3-5-11(12)13(15)17-2/h3-6,9-10,14H,7-8H2,1-2H3. The van der Waals surface area contributed by atoms with E-state index in [-0.39, 0.29) is 5.97 Å². The summed E-state index contributed by atoms with van der Waals surface area (Å²) in [6, 6.07) is 7.77. The maximum Gasteiger partial charge on any atom is 0.339 e. The van der Waals surface area contributed by atoms with Crippen molar-refractivity contribution in [1.82, 2.24) is 0 Å². The minimum absolute atomic E-state index is 0.310. The van der Waals surface area contributed by atoms with Gasteiger partial charge in [-0.15, -0.1) is 0 Å². The van der Waals surface area contributed by atoms with Crippen molar-refractivity contribution in [1.29, 1.82) is 0 Å². The largest absolute Gasteiger partial charge is 0.465 e. The van der Waals surface area contributed by atoms with Gasteiger partial charge in [0.25, 0.3) is 0 Å². The van der Waals surface area contributed by atoms with Gasteiger partial charge in [-0.05, 0) is 25.0 Å². The predicted molar refractivity (Wildman–Crippen MR) is 65.2 cm³/mol. The third-order valence-electron chi connectivity index (χ3n) is 3.12. The fourth-order valence-corrected chi connectivity index (χ4v) is 1.99. The molecule has 1 aromatic carbocycles. The first kappa shape index (κ1) is 11.9. The van der Waals surface area contributed by atoms with E-state index in [1.807, 2.05) is 18.2 Å². The molecular formula is C13H17NO3. The van der Waals surface area contributed by atoms with Crippen LogP contribution in [0.25, 0.3) is 0 Å². The summed E-state index contributed by atoms with van der Waals surface area (Å²) in [5, 5.41) is 3.35. The van der Waals surface area contributed by atoms with Gasteiger partial charge in [-0.1, -0.05) is 12.1 Å². The molecule has 0 aliphatic heterocycles. The van der Waals surface area contributed by atoms with Crippen molar-refractivity contribution < 1.29 is 14.3 Å². The number of carbonyl (C=O) groups is 1. The third-order valence-corrected chi connectivity index (χ3v) is 3.12. The van der Waals surface area contributed by atoms with E-state index in [4.69, 9.17) is 9.47 Å². The zero-order valence-corrected chi connectivity index (χ0v) is 10.1. The second-order valence-electron chi connectivity index (χ2n) is 4.21. The SMILES string of the molecule is COC(=O)c1ccccc1NC1CC(OC)C1. The summed E-state index contributed by atoms with van der Waals surface area (Å²) in [5.74, 6) is -0.310. The lowest BCUT2D eigenvalue weighted by molar-refractivity contribution is 0.0328. The zero-order valence-electron chi connectivity index (χ0n) is 10.1. The molecule has 1 aliphatic carbocycles. The highest BCUT2D eigenvalue weighted by atomic mass is 16.5. The lowest BCUT2D eigenvalue weighted by atomic mass is 9.89. The van der Waals surface area contributed by atoms with Gasteiger partial charge in [-0.25, -0.2) is 4.79 Å². The van der Waals surface area contributed by atoms with Gasteiger partial charge in [0.15, 0.2) is 0 Å². The van der Waals surface area contributed by atoms with Crippen molar-refractivity contribution in [2.45, 2.75) is 25.0 Å². The highest BCUT2D eigenvalue weighted by Crippen LogP contribution is 2.27. The zero-order chi connectivity index (χ0) is 12.3. The maximum absolute atomic E-state index is 11.6. The maximum atomic E-state index is 11.6. The van der Waals surface area contributed by atoms with Crippen LogP contribution in [0.15, 0.2) is 24.3 Å². The molecule has 0 aromatic heterocycles. The van der Waals surface area contributed by atoms with Crippen LogP contribution in [-0.4, -0.2) is 32.3 Å². The first-order chi connectivity index (χ1) is 8.24. The average molecular weight is 235 g/mol. The Labute approximate surface area is 101 Å². The first-order valence-electron chi connectivity index (χ1n) is 5.71. The van der Waals surface area contributed by atoms with Crippen LogP contribution in [0.3, 0.4) is 0 Å². The van der Waals surface area contributed by atoms with Gasteiger partial charge in [0.2, 0.25) is 0 Å². The Balaban J connectivity index is 2.03. The molecule has 17 heavy (non-hydrogen) atoms. The van der Waals surface area contributed by atoms with E-state index in [1.54, 1.807) is 13.2 Å². The number of esters is 1. The number of para-hydroxylation sites is 1. The van der Waals surface area contributed by atoms with Crippen LogP contribution in [0, 0.1) is 0 Å². The summed E-state index contributed by atoms with van der Waals surface area (Å²) in [7, 11) is 3.12. The van der Waals surface area contributed by atoms with Crippen LogP contribution in [0.1, 0.15) is 23.2 Å². The number of methoxy groups -OCH3 is 2. The molecule has 2 rings (SSSR count). The Bertz CT molecular complexity index is 399. The molecule has 1 aliphatic rings. The number of benzene rings is 1. The van der Waals surface area contributed by atoms with Crippen LogP contribution < -0.4 is 5.32 Å². The molecule has 1 N–H and O–H groups in total. The molecule has 4 nitrogen and oxygen atoms in total. The molecule has 4 heteroatoms. The molecule has 92 valence electrons. The second kappa shape index (κ2) is 5.19. The topological polar surface area (TPSA) is 47.6 Å². The van der Waals surface area contributed by atoms with Crippen molar-refractivity contribution in [2.24, 2.45) is 0 Å². The lowest BCUT2D eigenvalue weighted by Gasteiger charge is -2.35. The van der Waals surface area contributed by atoms with Crippen LogP contribution in [0.4, 0.5) is 5.69 Å². The van der Waals surface area contributed by atoms with E-state index in [0.29, 0.717) is 17.7 Å². The average Bonchev–Trinajstić information content (AvgIpc) is 2.32. The Morgan fingerprint density at radius 1 is 1.29 bits per heavy atom. The normalized spacial score (nSPS) is 22.7. The molecule has 1 aromatic rings. The van der Waals surface area contributed by atoms with Gasteiger partial charge < -0.3 is 14.8 Å². The second-order valence-corrected chi connectivity index (χ2v) is 4.21. The van der Waals surface area contributed by atoms with E-state index >= 15 is 0 Å². The molecule has 0 spiro atoms. The minimum atomic E-state index is -0.310. The molecule has 0 heterocycles. The van der Waals surface area contributed by atoms with Gasteiger partial charge >= 0.3 is 5.97 Å². The van der Waals surface area contributed by atoms with Gasteiger partial charge in [0.1, 0.15) is 0 Å². The van der Waals surface area contributed by atoms with Crippen LogP contribution in [0.5, 0.6) is 0 Å². The van der Waals surface area contributed by atoms with Gasteiger partial charge in [-0.3, -0.25) is 0 Å². The molecule has 0 saturated heterocycles. The molecule has 0 unspecified atom stereocenters. The number of hydrogen-bond acceptors (Lipinski definition) is 4. The van der Waals surface area contributed by atoms with E-state index < -0.39 is 0 Å². The Kier molecular flexibility index (Phi) is 3.64. The Morgan fingerprint density at radius 2 is 2.00 bits per heavy atom. The summed E-state index contributed by atoms with van der Waals surface area (Å²) in [6.07, 6.45) is 2.30. The van der Waals surface area contributed by atoms with Crippen molar-refractivity contribution in [3.05, 3.63) is 29.8 Å². The number of hydrogen-bond donors (Lipinski definition) is 1. The van der Waals surface area contributed by atoms with Gasteiger partial charge in [-0.2, -0.15) is 0 Å². The number of rotatable bonds is 4. The Morgan fingerprint density at radius 3 is 2.65 bits per heavy atom. The molecular weight excluding hydrogens is 218 g/mol. The summed E-state index contributed by atoms with van der Waals surface area (Å²) in [6.45, 7) is 0. The first-order valence-corrected chi connectivity index (χ1v) is 5.71. The fourth-order valence-electron chi connectivity index (χ4n) is 1.99. The smallest absolute Gasteiger partial charge is 0.339 e. The number of ether oxygens (including phenoxy) is 2. The van der Waals surface area contributed by atoms with E-state index in [1.165, 1.54) is 7.11 Å².